The minimum atomic E-state index is -4.02. The molecular formula is C20H21FN2O5S. The quantitative estimate of drug-likeness (QED) is 0.671. The van der Waals surface area contributed by atoms with Crippen molar-refractivity contribution in [2.45, 2.75) is 43.7 Å². The van der Waals surface area contributed by atoms with Gasteiger partial charge in [-0.05, 0) is 68.7 Å². The SMILES string of the molecule is Cc1ccc(C(=O)O[C@@H](C)C(=O)NC2CC2)cc1S(=O)(=O)Nc1ccc(F)cc1. The van der Waals surface area contributed by atoms with E-state index in [2.05, 4.69) is 10.0 Å². The second-order valence-corrected chi connectivity index (χ2v) is 8.57. The van der Waals surface area contributed by atoms with E-state index in [0.29, 0.717) is 5.56 Å². The van der Waals surface area contributed by atoms with Crippen molar-refractivity contribution in [3.05, 3.63) is 59.4 Å². The van der Waals surface area contributed by atoms with Crippen LogP contribution in [0.4, 0.5) is 10.1 Å². The number of amides is 1. The number of esters is 1. The summed E-state index contributed by atoms with van der Waals surface area (Å²) in [6, 6.07) is 9.08. The summed E-state index contributed by atoms with van der Waals surface area (Å²) >= 11 is 0. The van der Waals surface area contributed by atoms with Crippen molar-refractivity contribution < 1.29 is 27.1 Å². The van der Waals surface area contributed by atoms with E-state index in [1.165, 1.54) is 37.3 Å². The Balaban J connectivity index is 1.76. The summed E-state index contributed by atoms with van der Waals surface area (Å²) < 4.78 is 46.0. The predicted molar refractivity (Wildman–Crippen MR) is 104 cm³/mol. The first-order chi connectivity index (χ1) is 13.7. The topological polar surface area (TPSA) is 102 Å². The fourth-order valence-electron chi connectivity index (χ4n) is 2.57. The van der Waals surface area contributed by atoms with Crippen LogP contribution in [0, 0.1) is 12.7 Å². The van der Waals surface area contributed by atoms with Crippen LogP contribution < -0.4 is 10.0 Å². The number of carbonyl (C=O) groups is 2. The Kier molecular flexibility index (Phi) is 5.88. The summed E-state index contributed by atoms with van der Waals surface area (Å²) in [7, 11) is -4.02. The van der Waals surface area contributed by atoms with Gasteiger partial charge in [-0.1, -0.05) is 6.07 Å². The monoisotopic (exact) mass is 420 g/mol. The van der Waals surface area contributed by atoms with Gasteiger partial charge >= 0.3 is 5.97 Å². The molecule has 0 aliphatic heterocycles. The fourth-order valence-corrected chi connectivity index (χ4v) is 3.90. The summed E-state index contributed by atoms with van der Waals surface area (Å²) in [5, 5.41) is 2.74. The molecule has 0 saturated heterocycles. The largest absolute Gasteiger partial charge is 0.449 e. The maximum atomic E-state index is 13.0. The van der Waals surface area contributed by atoms with Crippen molar-refractivity contribution in [1.29, 1.82) is 0 Å². The number of anilines is 1. The van der Waals surface area contributed by atoms with Crippen LogP contribution in [0.2, 0.25) is 0 Å². The Labute approximate surface area is 168 Å². The maximum Gasteiger partial charge on any atom is 0.338 e. The van der Waals surface area contributed by atoms with Crippen molar-refractivity contribution in [2.24, 2.45) is 0 Å². The highest BCUT2D eigenvalue weighted by molar-refractivity contribution is 7.92. The maximum absolute atomic E-state index is 13.0. The number of aryl methyl sites for hydroxylation is 1. The van der Waals surface area contributed by atoms with Gasteiger partial charge in [-0.2, -0.15) is 0 Å². The molecule has 1 aliphatic carbocycles. The molecule has 2 aromatic rings. The molecule has 0 aromatic heterocycles. The van der Waals surface area contributed by atoms with E-state index in [0.717, 1.165) is 25.0 Å². The van der Waals surface area contributed by atoms with E-state index in [1.54, 1.807) is 6.92 Å². The van der Waals surface area contributed by atoms with Crippen LogP contribution in [0.1, 0.15) is 35.7 Å². The molecule has 1 amide bonds. The van der Waals surface area contributed by atoms with Crippen molar-refractivity contribution in [2.75, 3.05) is 4.72 Å². The minimum absolute atomic E-state index is 0.00107. The number of hydrogen-bond donors (Lipinski definition) is 2. The van der Waals surface area contributed by atoms with Crippen LogP contribution in [0.3, 0.4) is 0 Å². The summed E-state index contributed by atoms with van der Waals surface area (Å²) in [4.78, 5) is 24.2. The van der Waals surface area contributed by atoms with Crippen LogP contribution >= 0.6 is 0 Å². The first-order valence-electron chi connectivity index (χ1n) is 9.06. The first-order valence-corrected chi connectivity index (χ1v) is 10.5. The number of rotatable bonds is 7. The van der Waals surface area contributed by atoms with Crippen LogP contribution in [-0.2, 0) is 19.6 Å². The van der Waals surface area contributed by atoms with Crippen molar-refractivity contribution >= 4 is 27.6 Å². The number of carbonyl (C=O) groups excluding carboxylic acids is 2. The van der Waals surface area contributed by atoms with Gasteiger partial charge in [0, 0.05) is 11.7 Å². The summed E-state index contributed by atoms with van der Waals surface area (Å²) in [5.74, 6) is -1.69. The standard InChI is InChI=1S/C20H21FN2O5S/c1-12-3-4-14(20(25)28-13(2)19(24)22-16-9-10-16)11-18(12)29(26,27)23-17-7-5-15(21)6-8-17/h3-8,11,13,16,23H,9-10H2,1-2H3,(H,22,24)/t13-/m0/s1. The van der Waals surface area contributed by atoms with Crippen LogP contribution in [-0.4, -0.2) is 32.4 Å². The molecule has 0 bridgehead atoms. The molecule has 2 aromatic carbocycles. The second kappa shape index (κ2) is 8.20. The molecule has 1 aliphatic rings. The molecule has 9 heteroatoms. The Morgan fingerprint density at radius 3 is 2.41 bits per heavy atom. The lowest BCUT2D eigenvalue weighted by atomic mass is 10.1. The zero-order valence-corrected chi connectivity index (χ0v) is 16.8. The van der Waals surface area contributed by atoms with Gasteiger partial charge in [-0.15, -0.1) is 0 Å². The summed E-state index contributed by atoms with van der Waals surface area (Å²) in [6.45, 7) is 3.04. The van der Waals surface area contributed by atoms with Crippen LogP contribution in [0.5, 0.6) is 0 Å². The lowest BCUT2D eigenvalue weighted by Gasteiger charge is -2.15. The molecule has 154 valence electrons. The van der Waals surface area contributed by atoms with Gasteiger partial charge in [0.05, 0.1) is 10.5 Å². The average molecular weight is 420 g/mol. The number of ether oxygens (including phenoxy) is 1. The third kappa shape index (κ3) is 5.32. The highest BCUT2D eigenvalue weighted by Crippen LogP contribution is 2.22. The molecule has 29 heavy (non-hydrogen) atoms. The highest BCUT2D eigenvalue weighted by Gasteiger charge is 2.28. The number of halogens is 1. The molecule has 1 saturated carbocycles. The summed E-state index contributed by atoms with van der Waals surface area (Å²) in [5.41, 5.74) is 0.598. The molecule has 0 spiro atoms. The Hall–Kier alpha value is -2.94. The van der Waals surface area contributed by atoms with E-state index >= 15 is 0 Å². The van der Waals surface area contributed by atoms with E-state index in [4.69, 9.17) is 4.74 Å². The van der Waals surface area contributed by atoms with Crippen molar-refractivity contribution in [3.8, 4) is 0 Å². The number of sulfonamides is 1. The smallest absolute Gasteiger partial charge is 0.338 e. The third-order valence-corrected chi connectivity index (χ3v) is 5.91. The van der Waals surface area contributed by atoms with Gasteiger partial charge in [0.1, 0.15) is 5.82 Å². The van der Waals surface area contributed by atoms with E-state index in [-0.39, 0.29) is 22.2 Å². The van der Waals surface area contributed by atoms with E-state index < -0.39 is 33.8 Å². The molecule has 7 nitrogen and oxygen atoms in total. The molecule has 0 unspecified atom stereocenters. The van der Waals surface area contributed by atoms with Gasteiger partial charge in [0.25, 0.3) is 15.9 Å². The fraction of sp³-hybridized carbons (Fsp3) is 0.300. The van der Waals surface area contributed by atoms with Crippen LogP contribution in [0.15, 0.2) is 47.4 Å². The lowest BCUT2D eigenvalue weighted by molar-refractivity contribution is -0.129. The molecular weight excluding hydrogens is 399 g/mol. The highest BCUT2D eigenvalue weighted by atomic mass is 32.2. The molecule has 1 fully saturated rings. The lowest BCUT2D eigenvalue weighted by Crippen LogP contribution is -2.37. The van der Waals surface area contributed by atoms with Gasteiger partial charge in [-0.3, -0.25) is 9.52 Å². The molecule has 1 atom stereocenters. The first kappa shape index (κ1) is 20.8. The molecule has 2 N–H and O–H groups in total. The van der Waals surface area contributed by atoms with E-state index in [1.807, 2.05) is 0 Å². The number of benzene rings is 2. The van der Waals surface area contributed by atoms with Gasteiger partial charge < -0.3 is 10.1 Å². The Bertz CT molecular complexity index is 1030. The van der Waals surface area contributed by atoms with Gasteiger partial charge in [0.15, 0.2) is 6.10 Å². The minimum Gasteiger partial charge on any atom is -0.449 e. The second-order valence-electron chi connectivity index (χ2n) is 6.92. The molecule has 0 heterocycles. The zero-order valence-electron chi connectivity index (χ0n) is 15.9. The zero-order chi connectivity index (χ0) is 21.2. The van der Waals surface area contributed by atoms with Crippen LogP contribution in [0.25, 0.3) is 0 Å². The third-order valence-electron chi connectivity index (χ3n) is 4.39. The Morgan fingerprint density at radius 1 is 1.14 bits per heavy atom. The molecule has 3 rings (SSSR count). The van der Waals surface area contributed by atoms with Gasteiger partial charge in [-0.25, -0.2) is 17.6 Å². The van der Waals surface area contributed by atoms with Crippen molar-refractivity contribution in [1.82, 2.24) is 5.32 Å². The number of nitrogens with one attached hydrogen (secondary N) is 2. The normalized spacial score (nSPS) is 14.7. The van der Waals surface area contributed by atoms with Crippen molar-refractivity contribution in [3.63, 3.8) is 0 Å². The van der Waals surface area contributed by atoms with E-state index in [9.17, 15) is 22.4 Å². The average Bonchev–Trinajstić information content (AvgIpc) is 3.47. The number of hydrogen-bond acceptors (Lipinski definition) is 5. The summed E-state index contributed by atoms with van der Waals surface area (Å²) in [6.07, 6.45) is 0.820. The molecule has 0 radical (unpaired) electrons. The Morgan fingerprint density at radius 2 is 1.79 bits per heavy atom. The van der Waals surface area contributed by atoms with Gasteiger partial charge in [0.2, 0.25) is 0 Å². The predicted octanol–water partition coefficient (Wildman–Crippen LogP) is 2.76.